The molecular weight excluding hydrogens is 246 g/mol. The van der Waals surface area contributed by atoms with Crippen LogP contribution in [0.1, 0.15) is 10.4 Å². The number of phenolic OH excluding ortho intramolecular Hbond substituents is 1. The molecule has 4 heteroatoms. The smallest absolute Gasteiger partial charge is 0.256 e. The summed E-state index contributed by atoms with van der Waals surface area (Å²) in [7, 11) is 0. The highest BCUT2D eigenvalue weighted by atomic mass is 32.2. The highest BCUT2D eigenvalue weighted by Crippen LogP contribution is 2.25. The SMILES string of the molecule is CSc1ccccc1C(=O)Nc1ccccc1O. The first-order valence-corrected chi connectivity index (χ1v) is 6.67. The fraction of sp³-hybridized carbons (Fsp3) is 0.0714. The van der Waals surface area contributed by atoms with Crippen LogP contribution in [-0.2, 0) is 0 Å². The minimum atomic E-state index is -0.221. The minimum absolute atomic E-state index is 0.0625. The number of benzene rings is 2. The summed E-state index contributed by atoms with van der Waals surface area (Å²) in [6.45, 7) is 0. The molecule has 0 atom stereocenters. The zero-order valence-corrected chi connectivity index (χ0v) is 10.7. The van der Waals surface area contributed by atoms with Crippen LogP contribution in [0.5, 0.6) is 5.75 Å². The van der Waals surface area contributed by atoms with Crippen molar-refractivity contribution < 1.29 is 9.90 Å². The number of aromatic hydroxyl groups is 1. The molecule has 0 saturated carbocycles. The van der Waals surface area contributed by atoms with Gasteiger partial charge in [0.05, 0.1) is 11.3 Å². The lowest BCUT2D eigenvalue weighted by Gasteiger charge is -2.09. The summed E-state index contributed by atoms with van der Waals surface area (Å²) in [5.74, 6) is -0.158. The van der Waals surface area contributed by atoms with E-state index in [1.165, 1.54) is 17.8 Å². The van der Waals surface area contributed by atoms with Gasteiger partial charge < -0.3 is 10.4 Å². The number of carbonyl (C=O) groups excluding carboxylic acids is 1. The number of hydrogen-bond donors (Lipinski definition) is 2. The van der Waals surface area contributed by atoms with E-state index in [1.807, 2.05) is 24.5 Å². The molecule has 0 aliphatic heterocycles. The number of carbonyl (C=O) groups is 1. The summed E-state index contributed by atoms with van der Waals surface area (Å²) in [6, 6.07) is 14.0. The van der Waals surface area contributed by atoms with Crippen molar-refractivity contribution in [2.24, 2.45) is 0 Å². The molecule has 92 valence electrons. The van der Waals surface area contributed by atoms with E-state index in [-0.39, 0.29) is 11.7 Å². The topological polar surface area (TPSA) is 49.3 Å². The maximum absolute atomic E-state index is 12.1. The highest BCUT2D eigenvalue weighted by molar-refractivity contribution is 7.98. The lowest BCUT2D eigenvalue weighted by molar-refractivity contribution is 0.102. The van der Waals surface area contributed by atoms with Gasteiger partial charge in [0, 0.05) is 4.90 Å². The molecule has 2 aromatic rings. The van der Waals surface area contributed by atoms with Crippen molar-refractivity contribution in [1.82, 2.24) is 0 Å². The molecule has 2 N–H and O–H groups in total. The van der Waals surface area contributed by atoms with Gasteiger partial charge in [-0.15, -0.1) is 11.8 Å². The summed E-state index contributed by atoms with van der Waals surface area (Å²) >= 11 is 1.52. The van der Waals surface area contributed by atoms with Crippen molar-refractivity contribution in [2.75, 3.05) is 11.6 Å². The molecule has 1 amide bonds. The van der Waals surface area contributed by atoms with Gasteiger partial charge in [-0.3, -0.25) is 4.79 Å². The summed E-state index contributed by atoms with van der Waals surface area (Å²) in [6.07, 6.45) is 1.92. The van der Waals surface area contributed by atoms with Gasteiger partial charge in [-0.2, -0.15) is 0 Å². The minimum Gasteiger partial charge on any atom is -0.506 e. The molecule has 2 aromatic carbocycles. The Morgan fingerprint density at radius 3 is 2.50 bits per heavy atom. The van der Waals surface area contributed by atoms with Crippen molar-refractivity contribution >= 4 is 23.4 Å². The third-order valence-corrected chi connectivity index (χ3v) is 3.30. The number of nitrogens with one attached hydrogen (secondary N) is 1. The van der Waals surface area contributed by atoms with Crippen LogP contribution in [0.2, 0.25) is 0 Å². The second-order valence-corrected chi connectivity index (χ2v) is 4.52. The lowest BCUT2D eigenvalue weighted by Crippen LogP contribution is -2.12. The molecule has 0 aromatic heterocycles. The Labute approximate surface area is 110 Å². The van der Waals surface area contributed by atoms with Crippen molar-refractivity contribution in [3.63, 3.8) is 0 Å². The van der Waals surface area contributed by atoms with Gasteiger partial charge in [0.1, 0.15) is 5.75 Å². The highest BCUT2D eigenvalue weighted by Gasteiger charge is 2.11. The molecular formula is C14H13NO2S. The molecule has 0 radical (unpaired) electrons. The van der Waals surface area contributed by atoms with Gasteiger partial charge in [0.15, 0.2) is 0 Å². The van der Waals surface area contributed by atoms with E-state index in [0.29, 0.717) is 11.3 Å². The molecule has 0 aliphatic rings. The average molecular weight is 259 g/mol. The number of amides is 1. The van der Waals surface area contributed by atoms with E-state index in [2.05, 4.69) is 5.32 Å². The Bertz CT molecular complexity index is 569. The quantitative estimate of drug-likeness (QED) is 0.656. The summed E-state index contributed by atoms with van der Waals surface area (Å²) in [4.78, 5) is 13.0. The number of thioether (sulfide) groups is 1. The van der Waals surface area contributed by atoms with Crippen LogP contribution in [0.3, 0.4) is 0 Å². The Morgan fingerprint density at radius 1 is 1.11 bits per heavy atom. The van der Waals surface area contributed by atoms with Gasteiger partial charge in [-0.25, -0.2) is 0 Å². The fourth-order valence-electron chi connectivity index (χ4n) is 1.60. The van der Waals surface area contributed by atoms with E-state index in [4.69, 9.17) is 0 Å². The standard InChI is InChI=1S/C14H13NO2S/c1-18-13-9-5-2-6-10(13)14(17)15-11-7-3-4-8-12(11)16/h2-9,16H,1H3,(H,15,17). The molecule has 0 spiro atoms. The van der Waals surface area contributed by atoms with Crippen molar-refractivity contribution in [3.05, 3.63) is 54.1 Å². The number of rotatable bonds is 3. The Balaban J connectivity index is 2.25. The van der Waals surface area contributed by atoms with Crippen LogP contribution in [0.4, 0.5) is 5.69 Å². The van der Waals surface area contributed by atoms with Crippen LogP contribution in [-0.4, -0.2) is 17.3 Å². The molecule has 0 fully saturated rings. The first kappa shape index (κ1) is 12.5. The lowest BCUT2D eigenvalue weighted by atomic mass is 10.2. The Morgan fingerprint density at radius 2 is 1.78 bits per heavy atom. The predicted molar refractivity (Wildman–Crippen MR) is 74.3 cm³/mol. The molecule has 3 nitrogen and oxygen atoms in total. The van der Waals surface area contributed by atoms with Crippen LogP contribution in [0, 0.1) is 0 Å². The molecule has 2 rings (SSSR count). The van der Waals surface area contributed by atoms with E-state index >= 15 is 0 Å². The molecule has 0 unspecified atom stereocenters. The van der Waals surface area contributed by atoms with Crippen molar-refractivity contribution in [2.45, 2.75) is 4.90 Å². The second-order valence-electron chi connectivity index (χ2n) is 3.67. The normalized spacial score (nSPS) is 10.1. The number of para-hydroxylation sites is 2. The van der Waals surface area contributed by atoms with Gasteiger partial charge in [-0.05, 0) is 30.5 Å². The second kappa shape index (κ2) is 5.60. The fourth-order valence-corrected chi connectivity index (χ4v) is 2.20. The Kier molecular flexibility index (Phi) is 3.89. The van der Waals surface area contributed by atoms with Gasteiger partial charge in [-0.1, -0.05) is 24.3 Å². The molecule has 0 saturated heterocycles. The zero-order valence-electron chi connectivity index (χ0n) is 9.88. The molecule has 0 heterocycles. The van der Waals surface area contributed by atoms with Crippen LogP contribution < -0.4 is 5.32 Å². The monoisotopic (exact) mass is 259 g/mol. The molecule has 0 bridgehead atoms. The molecule has 18 heavy (non-hydrogen) atoms. The van der Waals surface area contributed by atoms with Crippen LogP contribution >= 0.6 is 11.8 Å². The van der Waals surface area contributed by atoms with E-state index in [1.54, 1.807) is 24.3 Å². The van der Waals surface area contributed by atoms with E-state index < -0.39 is 0 Å². The van der Waals surface area contributed by atoms with Crippen molar-refractivity contribution in [3.8, 4) is 5.75 Å². The van der Waals surface area contributed by atoms with Gasteiger partial charge in [0.25, 0.3) is 5.91 Å². The van der Waals surface area contributed by atoms with Gasteiger partial charge in [0.2, 0.25) is 0 Å². The number of anilines is 1. The van der Waals surface area contributed by atoms with E-state index in [9.17, 15) is 9.90 Å². The largest absolute Gasteiger partial charge is 0.506 e. The first-order chi connectivity index (χ1) is 8.72. The molecule has 0 aliphatic carbocycles. The summed E-state index contributed by atoms with van der Waals surface area (Å²) in [5, 5.41) is 12.3. The van der Waals surface area contributed by atoms with Crippen LogP contribution in [0.25, 0.3) is 0 Å². The average Bonchev–Trinajstić information content (AvgIpc) is 2.41. The first-order valence-electron chi connectivity index (χ1n) is 5.44. The summed E-state index contributed by atoms with van der Waals surface area (Å²) < 4.78 is 0. The number of phenols is 1. The Hall–Kier alpha value is -1.94. The summed E-state index contributed by atoms with van der Waals surface area (Å²) in [5.41, 5.74) is 1.02. The zero-order chi connectivity index (χ0) is 13.0. The maximum atomic E-state index is 12.1. The van der Waals surface area contributed by atoms with Gasteiger partial charge >= 0.3 is 0 Å². The van der Waals surface area contributed by atoms with Crippen LogP contribution in [0.15, 0.2) is 53.4 Å². The predicted octanol–water partition coefficient (Wildman–Crippen LogP) is 3.37. The van der Waals surface area contributed by atoms with Crippen molar-refractivity contribution in [1.29, 1.82) is 0 Å². The maximum Gasteiger partial charge on any atom is 0.256 e. The van der Waals surface area contributed by atoms with E-state index in [0.717, 1.165) is 4.90 Å². The third kappa shape index (κ3) is 2.65. The third-order valence-electron chi connectivity index (χ3n) is 2.50. The number of hydrogen-bond acceptors (Lipinski definition) is 3.